The number of nitro benzene ring substituents is 1. The van der Waals surface area contributed by atoms with Crippen LogP contribution in [0.3, 0.4) is 0 Å². The van der Waals surface area contributed by atoms with Gasteiger partial charge in [-0.15, -0.1) is 12.4 Å². The van der Waals surface area contributed by atoms with Gasteiger partial charge in [-0.05, 0) is 19.0 Å². The molecule has 1 aliphatic rings. The van der Waals surface area contributed by atoms with E-state index in [-0.39, 0.29) is 30.3 Å². The first kappa shape index (κ1) is 13.6. The van der Waals surface area contributed by atoms with Crippen LogP contribution in [0.15, 0.2) is 22.6 Å². The number of hydrogen-bond donors (Lipinski definition) is 1. The van der Waals surface area contributed by atoms with Crippen molar-refractivity contribution in [3.05, 3.63) is 28.3 Å². The number of nitro groups is 1. The fourth-order valence-electron chi connectivity index (χ4n) is 1.93. The van der Waals surface area contributed by atoms with Gasteiger partial charge in [-0.25, -0.2) is 0 Å². The molecular weight excluding hydrogens is 274 g/mol. The molecule has 0 aliphatic carbocycles. The van der Waals surface area contributed by atoms with E-state index in [1.165, 1.54) is 18.2 Å². The SMILES string of the molecule is Cl.O=[N+]([O-])c1ccc2oc(OC3CCNC3)nc2c1. The maximum absolute atomic E-state index is 10.6. The third kappa shape index (κ3) is 2.77. The predicted octanol–water partition coefficient (Wildman–Crippen LogP) is 1.90. The number of rotatable bonds is 3. The quantitative estimate of drug-likeness (QED) is 0.684. The van der Waals surface area contributed by atoms with E-state index in [9.17, 15) is 10.1 Å². The molecule has 2 heterocycles. The fraction of sp³-hybridized carbons (Fsp3) is 0.364. The zero-order valence-corrected chi connectivity index (χ0v) is 10.7. The van der Waals surface area contributed by atoms with Crippen LogP contribution in [-0.2, 0) is 0 Å². The Kier molecular flexibility index (Phi) is 3.87. The monoisotopic (exact) mass is 285 g/mol. The van der Waals surface area contributed by atoms with Crippen LogP contribution in [0.1, 0.15) is 6.42 Å². The van der Waals surface area contributed by atoms with Crippen molar-refractivity contribution < 1.29 is 14.1 Å². The van der Waals surface area contributed by atoms with Gasteiger partial charge in [0, 0.05) is 18.7 Å². The van der Waals surface area contributed by atoms with Gasteiger partial charge in [-0.3, -0.25) is 10.1 Å². The average molecular weight is 286 g/mol. The number of fused-ring (bicyclic) bond motifs is 1. The molecule has 2 aromatic rings. The lowest BCUT2D eigenvalue weighted by Gasteiger charge is -2.06. The Balaban J connectivity index is 0.00000133. The number of non-ortho nitro benzene ring substituents is 1. The molecule has 0 spiro atoms. The second-order valence-corrected chi connectivity index (χ2v) is 4.12. The van der Waals surface area contributed by atoms with Crippen molar-refractivity contribution in [2.45, 2.75) is 12.5 Å². The van der Waals surface area contributed by atoms with Gasteiger partial charge in [0.2, 0.25) is 0 Å². The van der Waals surface area contributed by atoms with Crippen LogP contribution >= 0.6 is 12.4 Å². The Morgan fingerprint density at radius 1 is 1.53 bits per heavy atom. The summed E-state index contributed by atoms with van der Waals surface area (Å²) in [6, 6.07) is 4.28. The summed E-state index contributed by atoms with van der Waals surface area (Å²) >= 11 is 0. The molecule has 102 valence electrons. The van der Waals surface area contributed by atoms with Crippen molar-refractivity contribution in [1.29, 1.82) is 0 Å². The van der Waals surface area contributed by atoms with Gasteiger partial charge in [-0.1, -0.05) is 0 Å². The normalized spacial score (nSPS) is 18.2. The maximum atomic E-state index is 10.6. The Morgan fingerprint density at radius 2 is 2.37 bits per heavy atom. The lowest BCUT2D eigenvalue weighted by atomic mass is 10.3. The molecule has 1 aromatic carbocycles. The van der Waals surface area contributed by atoms with Gasteiger partial charge in [0.1, 0.15) is 11.6 Å². The van der Waals surface area contributed by atoms with Crippen LogP contribution in [0.25, 0.3) is 11.1 Å². The third-order valence-corrected chi connectivity index (χ3v) is 2.84. The van der Waals surface area contributed by atoms with E-state index in [0.717, 1.165) is 19.5 Å². The topological polar surface area (TPSA) is 90.4 Å². The molecule has 8 heteroatoms. The average Bonchev–Trinajstić information content (AvgIpc) is 2.96. The van der Waals surface area contributed by atoms with Crippen LogP contribution < -0.4 is 10.1 Å². The van der Waals surface area contributed by atoms with Crippen molar-refractivity contribution in [2.75, 3.05) is 13.1 Å². The molecule has 1 unspecified atom stereocenters. The van der Waals surface area contributed by atoms with E-state index in [1.807, 2.05) is 0 Å². The summed E-state index contributed by atoms with van der Waals surface area (Å²) < 4.78 is 10.9. The molecule has 1 atom stereocenters. The summed E-state index contributed by atoms with van der Waals surface area (Å²) in [4.78, 5) is 14.3. The van der Waals surface area contributed by atoms with Gasteiger partial charge in [0.25, 0.3) is 5.69 Å². The summed E-state index contributed by atoms with van der Waals surface area (Å²) in [5.41, 5.74) is 0.914. The number of nitrogens with zero attached hydrogens (tertiary/aromatic N) is 2. The van der Waals surface area contributed by atoms with E-state index < -0.39 is 4.92 Å². The summed E-state index contributed by atoms with van der Waals surface area (Å²) in [5, 5.41) is 13.8. The maximum Gasteiger partial charge on any atom is 0.394 e. The van der Waals surface area contributed by atoms with Gasteiger partial charge in [0.05, 0.1) is 4.92 Å². The number of ether oxygens (including phenoxy) is 1. The van der Waals surface area contributed by atoms with Gasteiger partial charge in [0.15, 0.2) is 5.58 Å². The van der Waals surface area contributed by atoms with E-state index in [2.05, 4.69) is 10.3 Å². The highest BCUT2D eigenvalue weighted by molar-refractivity contribution is 5.85. The Labute approximate surface area is 114 Å². The Hall–Kier alpha value is -1.86. The largest absolute Gasteiger partial charge is 0.445 e. The molecule has 0 radical (unpaired) electrons. The smallest absolute Gasteiger partial charge is 0.394 e. The molecule has 3 rings (SSSR count). The first-order valence-corrected chi connectivity index (χ1v) is 5.65. The fourth-order valence-corrected chi connectivity index (χ4v) is 1.93. The van der Waals surface area contributed by atoms with Gasteiger partial charge >= 0.3 is 6.08 Å². The van der Waals surface area contributed by atoms with E-state index in [0.29, 0.717) is 11.1 Å². The lowest BCUT2D eigenvalue weighted by Crippen LogP contribution is -2.19. The summed E-state index contributed by atoms with van der Waals surface area (Å²) in [6.07, 6.45) is 1.12. The van der Waals surface area contributed by atoms with Gasteiger partial charge in [-0.2, -0.15) is 4.98 Å². The molecule has 1 aliphatic heterocycles. The molecular formula is C11H12ClN3O4. The molecule has 0 bridgehead atoms. The number of aromatic nitrogens is 1. The standard InChI is InChI=1S/C11H11N3O4.ClH/c15-14(16)7-1-2-10-9(5-7)13-11(18-10)17-8-3-4-12-6-8;/h1-2,5,8,12H,3-4,6H2;1H. The summed E-state index contributed by atoms with van der Waals surface area (Å²) in [6.45, 7) is 1.68. The Morgan fingerprint density at radius 3 is 3.05 bits per heavy atom. The minimum absolute atomic E-state index is 0. The third-order valence-electron chi connectivity index (χ3n) is 2.84. The van der Waals surface area contributed by atoms with Crippen molar-refractivity contribution >= 4 is 29.2 Å². The molecule has 1 saturated heterocycles. The number of benzene rings is 1. The highest BCUT2D eigenvalue weighted by Crippen LogP contribution is 2.25. The predicted molar refractivity (Wildman–Crippen MR) is 69.8 cm³/mol. The number of halogens is 1. The highest BCUT2D eigenvalue weighted by Gasteiger charge is 2.19. The second kappa shape index (κ2) is 5.41. The van der Waals surface area contributed by atoms with Crippen molar-refractivity contribution in [3.8, 4) is 6.08 Å². The number of hydrogen-bond acceptors (Lipinski definition) is 6. The first-order chi connectivity index (χ1) is 8.72. The minimum Gasteiger partial charge on any atom is -0.445 e. The first-order valence-electron chi connectivity index (χ1n) is 5.65. The van der Waals surface area contributed by atoms with Crippen molar-refractivity contribution in [1.82, 2.24) is 10.3 Å². The van der Waals surface area contributed by atoms with E-state index in [4.69, 9.17) is 9.15 Å². The lowest BCUT2D eigenvalue weighted by molar-refractivity contribution is -0.384. The van der Waals surface area contributed by atoms with Crippen LogP contribution in [0.4, 0.5) is 5.69 Å². The summed E-state index contributed by atoms with van der Waals surface area (Å²) in [7, 11) is 0. The molecule has 19 heavy (non-hydrogen) atoms. The highest BCUT2D eigenvalue weighted by atomic mass is 35.5. The summed E-state index contributed by atoms with van der Waals surface area (Å²) in [5.74, 6) is 0. The van der Waals surface area contributed by atoms with E-state index in [1.54, 1.807) is 0 Å². The number of nitrogens with one attached hydrogen (secondary N) is 1. The molecule has 1 aromatic heterocycles. The second-order valence-electron chi connectivity index (χ2n) is 4.12. The van der Waals surface area contributed by atoms with Crippen LogP contribution in [0.2, 0.25) is 0 Å². The van der Waals surface area contributed by atoms with Crippen LogP contribution in [0.5, 0.6) is 6.08 Å². The Bertz CT molecular complexity index is 595. The molecule has 1 N–H and O–H groups in total. The molecule has 7 nitrogen and oxygen atoms in total. The van der Waals surface area contributed by atoms with Crippen LogP contribution in [0, 0.1) is 10.1 Å². The van der Waals surface area contributed by atoms with Crippen LogP contribution in [-0.4, -0.2) is 29.1 Å². The zero-order valence-electron chi connectivity index (χ0n) is 9.87. The molecule has 0 amide bonds. The molecule has 0 saturated carbocycles. The number of oxazole rings is 1. The minimum atomic E-state index is -0.463. The van der Waals surface area contributed by atoms with Crippen molar-refractivity contribution in [2.24, 2.45) is 0 Å². The van der Waals surface area contributed by atoms with Crippen molar-refractivity contribution in [3.63, 3.8) is 0 Å². The van der Waals surface area contributed by atoms with E-state index >= 15 is 0 Å². The van der Waals surface area contributed by atoms with Gasteiger partial charge < -0.3 is 14.5 Å². The zero-order chi connectivity index (χ0) is 12.5. The molecule has 1 fully saturated rings.